The predicted octanol–water partition coefficient (Wildman–Crippen LogP) is 3.67. The number of aromatic nitrogens is 1. The third kappa shape index (κ3) is 3.67. The highest BCUT2D eigenvalue weighted by Gasteiger charge is 2.40. The lowest BCUT2D eigenvalue weighted by atomic mass is 10.1. The Hall–Kier alpha value is -2.83. The van der Waals surface area contributed by atoms with E-state index in [4.69, 9.17) is 18.9 Å². The summed E-state index contributed by atoms with van der Waals surface area (Å²) in [7, 11) is 0. The molecule has 0 saturated carbocycles. The molecule has 1 aromatic heterocycles. The molecule has 2 aromatic carbocycles. The summed E-state index contributed by atoms with van der Waals surface area (Å²) in [5.41, 5.74) is 2.35. The Balaban J connectivity index is 1.62. The van der Waals surface area contributed by atoms with E-state index in [0.717, 1.165) is 16.5 Å². The zero-order chi connectivity index (χ0) is 18.7. The van der Waals surface area contributed by atoms with Crippen LogP contribution in [-0.4, -0.2) is 36.7 Å². The number of carbonyl (C=O) groups excluding carboxylic acids is 1. The van der Waals surface area contributed by atoms with E-state index >= 15 is 0 Å². The van der Waals surface area contributed by atoms with Crippen LogP contribution in [-0.2, 0) is 20.6 Å². The van der Waals surface area contributed by atoms with Crippen molar-refractivity contribution in [2.24, 2.45) is 0 Å². The zero-order valence-corrected chi connectivity index (χ0v) is 15.1. The maximum Gasteiger partial charge on any atom is 0.340 e. The van der Waals surface area contributed by atoms with E-state index in [1.54, 1.807) is 19.2 Å². The van der Waals surface area contributed by atoms with E-state index in [-0.39, 0.29) is 5.97 Å². The maximum absolute atomic E-state index is 12.1. The summed E-state index contributed by atoms with van der Waals surface area (Å²) < 4.78 is 22.9. The van der Waals surface area contributed by atoms with Gasteiger partial charge < -0.3 is 23.9 Å². The summed E-state index contributed by atoms with van der Waals surface area (Å²) >= 11 is 0. The largest absolute Gasteiger partial charge is 0.462 e. The lowest BCUT2D eigenvalue weighted by Crippen LogP contribution is -2.39. The number of esters is 1. The first-order chi connectivity index (χ1) is 13.2. The van der Waals surface area contributed by atoms with Crippen LogP contribution in [0.4, 0.5) is 0 Å². The third-order valence-electron chi connectivity index (χ3n) is 4.41. The van der Waals surface area contributed by atoms with Gasteiger partial charge in [0, 0.05) is 17.1 Å². The highest BCUT2D eigenvalue weighted by atomic mass is 16.9. The number of nitrogens with one attached hydrogen (secondary N) is 1. The molecule has 1 fully saturated rings. The molecule has 0 unspecified atom stereocenters. The molecule has 0 amide bonds. The normalized spacial score (nSPS) is 15.7. The van der Waals surface area contributed by atoms with Gasteiger partial charge in [-0.3, -0.25) is 0 Å². The van der Waals surface area contributed by atoms with Crippen LogP contribution in [0, 0.1) is 0 Å². The van der Waals surface area contributed by atoms with Gasteiger partial charge in [-0.15, -0.1) is 0 Å². The van der Waals surface area contributed by atoms with Gasteiger partial charge >= 0.3 is 11.9 Å². The molecule has 1 N–H and O–H groups in total. The molecule has 0 aliphatic carbocycles. The zero-order valence-electron chi connectivity index (χ0n) is 15.1. The molecular formula is C21H21NO5. The number of hydrogen-bond acceptors (Lipinski definition) is 5. The summed E-state index contributed by atoms with van der Waals surface area (Å²) in [6.45, 7) is 3.04. The number of benzene rings is 2. The van der Waals surface area contributed by atoms with Crippen molar-refractivity contribution in [2.75, 3.05) is 19.8 Å². The lowest BCUT2D eigenvalue weighted by molar-refractivity contribution is -0.284. The standard InChI is InChI=1S/C21H21NO5/c1-2-24-20(23)18-14-22-19-9-8-16(12-17(18)19)27-21(25-10-11-26-21)13-15-6-4-3-5-7-15/h3-9,12,14,22H,2,10-11,13H2,1H3. The second-order valence-corrected chi connectivity index (χ2v) is 6.27. The van der Waals surface area contributed by atoms with E-state index in [1.165, 1.54) is 0 Å². The van der Waals surface area contributed by atoms with Crippen LogP contribution in [0.3, 0.4) is 0 Å². The first-order valence-electron chi connectivity index (χ1n) is 8.98. The number of rotatable bonds is 6. The summed E-state index contributed by atoms with van der Waals surface area (Å²) in [5.74, 6) is -0.978. The number of carbonyl (C=O) groups is 1. The molecule has 0 bridgehead atoms. The van der Waals surface area contributed by atoms with Crippen LogP contribution in [0.5, 0.6) is 5.75 Å². The van der Waals surface area contributed by atoms with Crippen molar-refractivity contribution in [1.82, 2.24) is 4.98 Å². The van der Waals surface area contributed by atoms with E-state index in [9.17, 15) is 4.79 Å². The molecule has 1 aliphatic rings. The summed E-state index contributed by atoms with van der Waals surface area (Å²) in [5, 5.41) is 0.735. The molecule has 1 aliphatic heterocycles. The van der Waals surface area contributed by atoms with Crippen LogP contribution >= 0.6 is 0 Å². The van der Waals surface area contributed by atoms with Gasteiger partial charge in [0.15, 0.2) is 0 Å². The van der Waals surface area contributed by atoms with Gasteiger partial charge in [-0.2, -0.15) is 0 Å². The Labute approximate surface area is 157 Å². The van der Waals surface area contributed by atoms with Crippen LogP contribution in [0.2, 0.25) is 0 Å². The maximum atomic E-state index is 12.1. The fraction of sp³-hybridized carbons (Fsp3) is 0.286. The lowest BCUT2D eigenvalue weighted by Gasteiger charge is -2.28. The van der Waals surface area contributed by atoms with Crippen LogP contribution in [0.15, 0.2) is 54.7 Å². The smallest absolute Gasteiger partial charge is 0.340 e. The molecule has 140 valence electrons. The minimum absolute atomic E-state index is 0.323. The monoisotopic (exact) mass is 367 g/mol. The van der Waals surface area contributed by atoms with Crippen LogP contribution < -0.4 is 4.74 Å². The van der Waals surface area contributed by atoms with Gasteiger partial charge in [0.05, 0.1) is 31.8 Å². The van der Waals surface area contributed by atoms with Crippen LogP contribution in [0.1, 0.15) is 22.8 Å². The molecule has 6 heteroatoms. The van der Waals surface area contributed by atoms with Crippen molar-refractivity contribution >= 4 is 16.9 Å². The first-order valence-corrected chi connectivity index (χ1v) is 8.98. The van der Waals surface area contributed by atoms with Gasteiger partial charge in [-0.1, -0.05) is 30.3 Å². The number of aromatic amines is 1. The highest BCUT2D eigenvalue weighted by molar-refractivity contribution is 6.04. The molecule has 1 saturated heterocycles. The Morgan fingerprint density at radius 2 is 1.93 bits per heavy atom. The minimum Gasteiger partial charge on any atom is -0.462 e. The van der Waals surface area contributed by atoms with Gasteiger partial charge in [-0.25, -0.2) is 4.79 Å². The minimum atomic E-state index is -1.17. The number of H-pyrrole nitrogens is 1. The van der Waals surface area contributed by atoms with E-state index in [0.29, 0.717) is 37.6 Å². The quantitative estimate of drug-likeness (QED) is 0.673. The molecule has 27 heavy (non-hydrogen) atoms. The first kappa shape index (κ1) is 17.6. The fourth-order valence-electron chi connectivity index (χ4n) is 3.20. The SMILES string of the molecule is CCOC(=O)c1c[nH]c2ccc(OC3(Cc4ccccc4)OCCO3)cc12. The topological polar surface area (TPSA) is 69.8 Å². The van der Waals surface area contributed by atoms with Crippen molar-refractivity contribution in [1.29, 1.82) is 0 Å². The van der Waals surface area contributed by atoms with Crippen molar-refractivity contribution < 1.29 is 23.7 Å². The molecule has 3 aromatic rings. The summed E-state index contributed by atoms with van der Waals surface area (Å²) in [6, 6.07) is 15.4. The summed E-state index contributed by atoms with van der Waals surface area (Å²) in [4.78, 5) is 15.2. The average molecular weight is 367 g/mol. The second-order valence-electron chi connectivity index (χ2n) is 6.27. The fourth-order valence-corrected chi connectivity index (χ4v) is 3.20. The Bertz CT molecular complexity index is 928. The molecular weight excluding hydrogens is 346 g/mol. The van der Waals surface area contributed by atoms with Gasteiger partial charge in [0.25, 0.3) is 0 Å². The van der Waals surface area contributed by atoms with E-state index in [2.05, 4.69) is 4.98 Å². The van der Waals surface area contributed by atoms with Crippen LogP contribution in [0.25, 0.3) is 10.9 Å². The number of ether oxygens (including phenoxy) is 4. The Kier molecular flexibility index (Phi) is 4.83. The Morgan fingerprint density at radius 3 is 2.67 bits per heavy atom. The predicted molar refractivity (Wildman–Crippen MR) is 99.7 cm³/mol. The number of hydrogen-bond donors (Lipinski definition) is 1. The molecule has 4 rings (SSSR count). The van der Waals surface area contributed by atoms with Crippen molar-refractivity contribution in [3.63, 3.8) is 0 Å². The third-order valence-corrected chi connectivity index (χ3v) is 4.41. The van der Waals surface area contributed by atoms with Gasteiger partial charge in [0.1, 0.15) is 5.75 Å². The molecule has 0 atom stereocenters. The molecule has 0 radical (unpaired) electrons. The van der Waals surface area contributed by atoms with E-state index < -0.39 is 5.97 Å². The Morgan fingerprint density at radius 1 is 1.15 bits per heavy atom. The number of fused-ring (bicyclic) bond motifs is 1. The molecule has 2 heterocycles. The van der Waals surface area contributed by atoms with Crippen molar-refractivity contribution in [3.05, 3.63) is 65.9 Å². The van der Waals surface area contributed by atoms with Gasteiger partial charge in [0.2, 0.25) is 0 Å². The second kappa shape index (κ2) is 7.42. The van der Waals surface area contributed by atoms with Gasteiger partial charge in [-0.05, 0) is 30.7 Å². The summed E-state index contributed by atoms with van der Waals surface area (Å²) in [6.07, 6.45) is 2.11. The highest BCUT2D eigenvalue weighted by Crippen LogP contribution is 2.31. The van der Waals surface area contributed by atoms with Crippen molar-refractivity contribution in [3.8, 4) is 5.75 Å². The molecule has 0 spiro atoms. The average Bonchev–Trinajstić information content (AvgIpc) is 3.30. The molecule has 6 nitrogen and oxygen atoms in total. The van der Waals surface area contributed by atoms with Crippen molar-refractivity contribution in [2.45, 2.75) is 19.3 Å². The van der Waals surface area contributed by atoms with E-state index in [1.807, 2.05) is 42.5 Å².